The minimum Gasteiger partial charge on any atom is -0.508 e. The van der Waals surface area contributed by atoms with Crippen LogP contribution in [0, 0.1) is 25.6 Å². The Morgan fingerprint density at radius 1 is 0.975 bits per heavy atom. The minimum absolute atomic E-state index is 0.000754. The highest BCUT2D eigenvalue weighted by Crippen LogP contribution is 2.43. The fraction of sp³-hybridized carbons (Fsp3) is 0.417. The van der Waals surface area contributed by atoms with Gasteiger partial charge in [-0.05, 0) is 91.8 Å². The number of carbonyl (C=O) groups is 3. The van der Waals surface area contributed by atoms with Crippen LogP contribution in [0.3, 0.4) is 0 Å². The van der Waals surface area contributed by atoms with E-state index in [0.717, 1.165) is 53.0 Å². The standard InChI is InChI=1S/C60H67ClFN9O9S/c1-7-51(74)69-18-20-70(21-19-69)57-46-29-47(61)53(45-27-41(72)25-38-10-8-9-11-44(38)45)54(62)55(46)65-60(66-57)79-36(5)31-68-16-14-43(15-17-68)77-22-23-78-49-26-39(56-37(6)64-33-81-56)12-13-40(49)30-63-58(75)48-28-42(73)32-71(48)59(76)52(34(2)3)50-24-35(4)67-80-50/h7-13,24-27,29,33-34,36,42-43,48,52,72-73H,1,14-23,28,30-32H2,2-6H3,(H,63,75)/t36-,42-,48+,52-/m1/s1. The number of thiazole rings is 1. The van der Waals surface area contributed by atoms with Gasteiger partial charge >= 0.3 is 6.01 Å². The first-order valence-corrected chi connectivity index (χ1v) is 28.7. The van der Waals surface area contributed by atoms with Gasteiger partial charge in [0.1, 0.15) is 53.3 Å². The number of anilines is 1. The van der Waals surface area contributed by atoms with Gasteiger partial charge in [0.2, 0.25) is 17.7 Å². The molecule has 0 spiro atoms. The second-order valence-electron chi connectivity index (χ2n) is 21.4. The highest BCUT2D eigenvalue weighted by atomic mass is 35.5. The summed E-state index contributed by atoms with van der Waals surface area (Å²) in [5.74, 6) is -0.907. The summed E-state index contributed by atoms with van der Waals surface area (Å²) < 4.78 is 42.0. The van der Waals surface area contributed by atoms with Crippen molar-refractivity contribution in [1.29, 1.82) is 0 Å². The van der Waals surface area contributed by atoms with Crippen LogP contribution in [0.1, 0.15) is 68.7 Å². The van der Waals surface area contributed by atoms with Gasteiger partial charge in [0.25, 0.3) is 0 Å². The molecule has 3 saturated heterocycles. The van der Waals surface area contributed by atoms with Gasteiger partial charge in [-0.3, -0.25) is 19.3 Å². The predicted molar refractivity (Wildman–Crippen MR) is 308 cm³/mol. The van der Waals surface area contributed by atoms with Crippen molar-refractivity contribution in [1.82, 2.24) is 40.1 Å². The first-order valence-electron chi connectivity index (χ1n) is 27.5. The topological polar surface area (TPSA) is 209 Å². The minimum atomic E-state index is -0.875. The summed E-state index contributed by atoms with van der Waals surface area (Å²) in [5.41, 5.74) is 5.55. The number of hydrogen-bond acceptors (Lipinski definition) is 16. The van der Waals surface area contributed by atoms with Gasteiger partial charge in [-0.1, -0.05) is 73.6 Å². The van der Waals surface area contributed by atoms with E-state index in [2.05, 4.69) is 31.9 Å². The zero-order chi connectivity index (χ0) is 57.1. The maximum Gasteiger partial charge on any atom is 0.319 e. The van der Waals surface area contributed by atoms with E-state index in [9.17, 15) is 24.6 Å². The number of aryl methyl sites for hydroxylation is 2. The number of aromatic nitrogens is 4. The second-order valence-corrected chi connectivity index (χ2v) is 22.7. The Bertz CT molecular complexity index is 3450. The van der Waals surface area contributed by atoms with E-state index in [1.807, 2.05) is 75.1 Å². The largest absolute Gasteiger partial charge is 0.508 e. The van der Waals surface area contributed by atoms with Gasteiger partial charge in [0, 0.05) is 87.9 Å². The number of piperazine rings is 1. The molecule has 0 aliphatic carbocycles. The Labute approximate surface area is 478 Å². The Morgan fingerprint density at radius 2 is 1.75 bits per heavy atom. The average molecular weight is 1140 g/mol. The number of benzene rings is 4. The molecule has 3 aliphatic heterocycles. The molecule has 0 saturated carbocycles. The Balaban J connectivity index is 0.770. The molecule has 3 aromatic heterocycles. The van der Waals surface area contributed by atoms with Gasteiger partial charge < -0.3 is 49.0 Å². The summed E-state index contributed by atoms with van der Waals surface area (Å²) in [6, 6.07) is 18.9. The Morgan fingerprint density at radius 3 is 2.47 bits per heavy atom. The molecule has 10 rings (SSSR count). The van der Waals surface area contributed by atoms with Crippen LogP contribution < -0.4 is 19.7 Å². The molecule has 0 radical (unpaired) electrons. The Kier molecular flexibility index (Phi) is 17.5. The number of likely N-dealkylation sites (tertiary alicyclic amines) is 2. The maximum absolute atomic E-state index is 17.2. The van der Waals surface area contributed by atoms with Crippen molar-refractivity contribution in [3.63, 3.8) is 0 Å². The fourth-order valence-electron chi connectivity index (χ4n) is 11.3. The maximum atomic E-state index is 17.2. The number of ether oxygens (including phenoxy) is 3. The predicted octanol–water partition coefficient (Wildman–Crippen LogP) is 8.86. The smallest absolute Gasteiger partial charge is 0.319 e. The number of aliphatic hydroxyl groups excluding tert-OH is 1. The van der Waals surface area contributed by atoms with E-state index in [-0.39, 0.29) is 83.7 Å². The molecule has 6 heterocycles. The first kappa shape index (κ1) is 57.0. The lowest BCUT2D eigenvalue weighted by Crippen LogP contribution is -2.48. The number of nitrogens with one attached hydrogen (secondary N) is 1. The third kappa shape index (κ3) is 12.6. The van der Waals surface area contributed by atoms with Crippen molar-refractivity contribution in [2.75, 3.05) is 70.5 Å². The molecule has 21 heteroatoms. The van der Waals surface area contributed by atoms with Crippen molar-refractivity contribution in [3.8, 4) is 39.1 Å². The third-order valence-corrected chi connectivity index (χ3v) is 16.6. The molecule has 18 nitrogen and oxygen atoms in total. The van der Waals surface area contributed by atoms with Gasteiger partial charge in [-0.15, -0.1) is 11.3 Å². The highest BCUT2D eigenvalue weighted by Gasteiger charge is 2.43. The number of piperidine rings is 1. The SMILES string of the molecule is C=CC(=O)N1CCN(c2nc(O[C@H](C)CN3CCC(OCCOc4cc(-c5scnc5C)ccc4CNC(=O)[C@@H]4C[C@@H](O)CN4C(=O)[C@@H](c4cc(C)no4)C(C)C)CC3)nc3c(F)c(-c4cc(O)cc5ccccc45)c(Cl)cc23)CC1. The van der Waals surface area contributed by atoms with Crippen LogP contribution in [0.4, 0.5) is 10.2 Å². The van der Waals surface area contributed by atoms with Crippen molar-refractivity contribution < 1.29 is 47.7 Å². The summed E-state index contributed by atoms with van der Waals surface area (Å²) in [7, 11) is 0. The monoisotopic (exact) mass is 1140 g/mol. The number of rotatable bonds is 19. The molecule has 3 fully saturated rings. The number of β-amino-alcohol motifs (C(OH)–C–C–N with tert-alkyl or cyclic N) is 1. The number of halogens is 2. The number of aromatic hydroxyl groups is 1. The quantitative estimate of drug-likeness (QED) is 0.0510. The van der Waals surface area contributed by atoms with E-state index in [1.54, 1.807) is 35.5 Å². The van der Waals surface area contributed by atoms with E-state index < -0.39 is 30.0 Å². The van der Waals surface area contributed by atoms with E-state index in [4.69, 9.17) is 35.3 Å². The van der Waals surface area contributed by atoms with Crippen molar-refractivity contribution in [2.45, 2.75) is 90.7 Å². The number of hydrogen-bond donors (Lipinski definition) is 3. The molecule has 3 amide bonds. The summed E-state index contributed by atoms with van der Waals surface area (Å²) >= 11 is 8.49. The average Bonchev–Trinajstić information content (AvgIpc) is 4.17. The van der Waals surface area contributed by atoms with Gasteiger partial charge in [0.15, 0.2) is 5.82 Å². The number of aliphatic hydroxyl groups is 1. The molecule has 4 atom stereocenters. The summed E-state index contributed by atoms with van der Waals surface area (Å²) in [6.45, 7) is 17.6. The Hall–Kier alpha value is -7.23. The lowest BCUT2D eigenvalue weighted by molar-refractivity contribution is -0.141. The number of phenols is 1. The van der Waals surface area contributed by atoms with Crippen molar-refractivity contribution in [2.24, 2.45) is 5.92 Å². The van der Waals surface area contributed by atoms with Crippen LogP contribution in [0.5, 0.6) is 17.5 Å². The molecule has 3 aliphatic rings. The summed E-state index contributed by atoms with van der Waals surface area (Å²) in [5, 5.41) is 30.4. The van der Waals surface area contributed by atoms with Crippen LogP contribution in [0.15, 0.2) is 89.4 Å². The molecule has 81 heavy (non-hydrogen) atoms. The van der Waals surface area contributed by atoms with Crippen LogP contribution in [-0.2, 0) is 25.7 Å². The molecular weight excluding hydrogens is 1080 g/mol. The normalized spacial score (nSPS) is 18.0. The lowest BCUT2D eigenvalue weighted by Gasteiger charge is -2.35. The highest BCUT2D eigenvalue weighted by molar-refractivity contribution is 7.13. The van der Waals surface area contributed by atoms with Crippen LogP contribution in [0.2, 0.25) is 5.02 Å². The van der Waals surface area contributed by atoms with Gasteiger partial charge in [0.05, 0.1) is 45.6 Å². The lowest BCUT2D eigenvalue weighted by atomic mass is 9.91. The fourth-order valence-corrected chi connectivity index (χ4v) is 12.4. The molecule has 426 valence electrons. The van der Waals surface area contributed by atoms with Gasteiger partial charge in [-0.25, -0.2) is 9.37 Å². The number of amides is 3. The summed E-state index contributed by atoms with van der Waals surface area (Å²) in [4.78, 5) is 62.8. The van der Waals surface area contributed by atoms with Crippen molar-refractivity contribution >= 4 is 68.2 Å². The first-order chi connectivity index (χ1) is 39.0. The molecule has 3 N–H and O–H groups in total. The number of carbonyl (C=O) groups excluding carboxylic acids is 3. The van der Waals surface area contributed by atoms with Gasteiger partial charge in [-0.2, -0.15) is 9.97 Å². The van der Waals surface area contributed by atoms with E-state index >= 15 is 4.39 Å². The summed E-state index contributed by atoms with van der Waals surface area (Å²) in [6.07, 6.45) is 1.68. The van der Waals surface area contributed by atoms with Crippen molar-refractivity contribution in [3.05, 3.63) is 118 Å². The second kappa shape index (κ2) is 24.9. The van der Waals surface area contributed by atoms with Crippen LogP contribution in [-0.4, -0.2) is 153 Å². The molecule has 0 bridgehead atoms. The van der Waals surface area contributed by atoms with E-state index in [0.29, 0.717) is 78.7 Å². The zero-order valence-corrected chi connectivity index (χ0v) is 47.6. The molecule has 7 aromatic rings. The number of fused-ring (bicyclic) bond motifs is 2. The third-order valence-electron chi connectivity index (χ3n) is 15.4. The molecular formula is C60H67ClFN9O9S. The molecule has 0 unspecified atom stereocenters. The van der Waals surface area contributed by atoms with Crippen LogP contribution in [0.25, 0.3) is 43.2 Å². The number of phenolic OH excluding ortho intramolecular Hbond substituents is 1. The van der Waals surface area contributed by atoms with E-state index in [1.165, 1.54) is 28.4 Å². The molecule has 4 aromatic carbocycles. The zero-order valence-electron chi connectivity index (χ0n) is 46.1. The number of nitrogens with zero attached hydrogens (tertiary/aromatic N) is 8. The van der Waals surface area contributed by atoms with Crippen LogP contribution >= 0.6 is 22.9 Å².